The van der Waals surface area contributed by atoms with Gasteiger partial charge in [-0.25, -0.2) is 4.79 Å². The Morgan fingerprint density at radius 3 is 2.47 bits per heavy atom. The molecule has 2 unspecified atom stereocenters. The van der Waals surface area contributed by atoms with Crippen molar-refractivity contribution in [2.45, 2.75) is 50.6 Å². The second kappa shape index (κ2) is 5.04. The first kappa shape index (κ1) is 12.4. The lowest BCUT2D eigenvalue weighted by atomic mass is 9.83. The first-order valence-electron chi connectivity index (χ1n) is 6.37. The number of nitrogens with two attached hydrogens (primary N) is 1. The molecule has 96 valence electrons. The molecule has 0 spiro atoms. The third-order valence-electron chi connectivity index (χ3n) is 3.87. The summed E-state index contributed by atoms with van der Waals surface area (Å²) in [5.74, 6) is -0.870. The number of carboxylic acids is 1. The highest BCUT2D eigenvalue weighted by Gasteiger charge is 2.40. The van der Waals surface area contributed by atoms with Gasteiger partial charge in [0.1, 0.15) is 6.04 Å². The van der Waals surface area contributed by atoms with E-state index in [1.54, 1.807) is 0 Å². The predicted molar refractivity (Wildman–Crippen MR) is 62.3 cm³/mol. The van der Waals surface area contributed by atoms with E-state index in [-0.39, 0.29) is 24.3 Å². The molecule has 1 amide bonds. The van der Waals surface area contributed by atoms with Crippen LogP contribution in [0.15, 0.2) is 0 Å². The van der Waals surface area contributed by atoms with Crippen LogP contribution in [0.1, 0.15) is 38.5 Å². The van der Waals surface area contributed by atoms with Gasteiger partial charge in [-0.15, -0.1) is 0 Å². The summed E-state index contributed by atoms with van der Waals surface area (Å²) in [4.78, 5) is 24.6. The van der Waals surface area contributed by atoms with E-state index in [9.17, 15) is 14.7 Å². The minimum atomic E-state index is -0.876. The van der Waals surface area contributed by atoms with Gasteiger partial charge in [0, 0.05) is 19.0 Å². The standard InChI is InChI=1S/C12H20N2O3/c13-9-6-10(15)14(7-9)11(12(16)17)8-4-2-1-3-5-8/h8-9,11H,1-7,13H2,(H,16,17). The molecule has 0 radical (unpaired) electrons. The molecule has 3 N–H and O–H groups in total. The molecule has 5 nitrogen and oxygen atoms in total. The summed E-state index contributed by atoms with van der Waals surface area (Å²) in [6.07, 6.45) is 5.43. The number of carboxylic acid groups (broad SMARTS) is 1. The van der Waals surface area contributed by atoms with Crippen molar-refractivity contribution in [1.29, 1.82) is 0 Å². The molecule has 1 saturated carbocycles. The van der Waals surface area contributed by atoms with Gasteiger partial charge in [-0.2, -0.15) is 0 Å². The van der Waals surface area contributed by atoms with Gasteiger partial charge in [-0.05, 0) is 18.8 Å². The number of rotatable bonds is 3. The zero-order chi connectivity index (χ0) is 12.4. The maximum atomic E-state index is 11.8. The highest BCUT2D eigenvalue weighted by Crippen LogP contribution is 2.31. The van der Waals surface area contributed by atoms with Crippen LogP contribution in [0.3, 0.4) is 0 Å². The molecule has 1 heterocycles. The Balaban J connectivity index is 2.11. The Morgan fingerprint density at radius 2 is 2.00 bits per heavy atom. The molecule has 0 aromatic rings. The molecule has 5 heteroatoms. The molecule has 2 rings (SSSR count). The van der Waals surface area contributed by atoms with Crippen molar-refractivity contribution in [3.63, 3.8) is 0 Å². The Bertz CT molecular complexity index is 313. The van der Waals surface area contributed by atoms with Gasteiger partial charge in [-0.1, -0.05) is 19.3 Å². The van der Waals surface area contributed by atoms with Crippen molar-refractivity contribution in [1.82, 2.24) is 4.90 Å². The lowest BCUT2D eigenvalue weighted by Gasteiger charge is -2.33. The first-order chi connectivity index (χ1) is 8.09. The number of amides is 1. The minimum Gasteiger partial charge on any atom is -0.480 e. The van der Waals surface area contributed by atoms with Gasteiger partial charge < -0.3 is 15.7 Å². The lowest BCUT2D eigenvalue weighted by Crippen LogP contribution is -2.48. The van der Waals surface area contributed by atoms with Crippen LogP contribution in [-0.4, -0.2) is 40.5 Å². The first-order valence-corrected chi connectivity index (χ1v) is 6.37. The van der Waals surface area contributed by atoms with Gasteiger partial charge in [0.25, 0.3) is 0 Å². The molecule has 1 saturated heterocycles. The monoisotopic (exact) mass is 240 g/mol. The van der Waals surface area contributed by atoms with Crippen molar-refractivity contribution in [3.8, 4) is 0 Å². The average molecular weight is 240 g/mol. The van der Waals surface area contributed by atoms with Crippen LogP contribution in [0, 0.1) is 5.92 Å². The summed E-state index contributed by atoms with van der Waals surface area (Å²) >= 11 is 0. The van der Waals surface area contributed by atoms with Crippen LogP contribution < -0.4 is 5.73 Å². The Kier molecular flexibility index (Phi) is 3.66. The second-order valence-electron chi connectivity index (χ2n) is 5.19. The molecule has 2 atom stereocenters. The van der Waals surface area contributed by atoms with E-state index in [0.29, 0.717) is 6.54 Å². The van der Waals surface area contributed by atoms with E-state index in [1.165, 1.54) is 11.3 Å². The van der Waals surface area contributed by atoms with Crippen LogP contribution in [0.4, 0.5) is 0 Å². The number of hydrogen-bond donors (Lipinski definition) is 2. The molecule has 0 bridgehead atoms. The highest BCUT2D eigenvalue weighted by atomic mass is 16.4. The Hall–Kier alpha value is -1.10. The molecule has 2 fully saturated rings. The van der Waals surface area contributed by atoms with Crippen LogP contribution in [-0.2, 0) is 9.59 Å². The molecule has 1 aliphatic carbocycles. The number of hydrogen-bond acceptors (Lipinski definition) is 3. The van der Waals surface area contributed by atoms with E-state index in [0.717, 1.165) is 25.7 Å². The second-order valence-corrected chi connectivity index (χ2v) is 5.19. The summed E-state index contributed by atoms with van der Waals surface area (Å²) in [7, 11) is 0. The average Bonchev–Trinajstić information content (AvgIpc) is 2.59. The number of likely N-dealkylation sites (tertiary alicyclic amines) is 1. The van der Waals surface area contributed by atoms with Crippen LogP contribution in [0.5, 0.6) is 0 Å². The van der Waals surface area contributed by atoms with Gasteiger partial charge in [0.15, 0.2) is 0 Å². The van der Waals surface area contributed by atoms with Crippen molar-refractivity contribution >= 4 is 11.9 Å². The molecule has 0 aromatic carbocycles. The highest BCUT2D eigenvalue weighted by molar-refractivity contribution is 5.85. The number of aliphatic carboxylic acids is 1. The normalized spacial score (nSPS) is 28.4. The van der Waals surface area contributed by atoms with Gasteiger partial charge in [0.05, 0.1) is 0 Å². The fourth-order valence-corrected chi connectivity index (χ4v) is 3.07. The largest absolute Gasteiger partial charge is 0.480 e. The molecular formula is C12H20N2O3. The number of carbonyl (C=O) groups is 2. The topological polar surface area (TPSA) is 83.6 Å². The smallest absolute Gasteiger partial charge is 0.326 e. The van der Waals surface area contributed by atoms with Crippen molar-refractivity contribution < 1.29 is 14.7 Å². The molecule has 2 aliphatic rings. The SMILES string of the molecule is NC1CC(=O)N(C(C(=O)O)C2CCCCC2)C1. The summed E-state index contributed by atoms with van der Waals surface area (Å²) in [5, 5.41) is 9.36. The Labute approximate surface area is 101 Å². The summed E-state index contributed by atoms with van der Waals surface area (Å²) in [6.45, 7) is 0.395. The van der Waals surface area contributed by atoms with Crippen molar-refractivity contribution in [3.05, 3.63) is 0 Å². The number of carbonyl (C=O) groups excluding carboxylic acids is 1. The third-order valence-corrected chi connectivity index (χ3v) is 3.87. The molecule has 1 aliphatic heterocycles. The number of nitrogens with zero attached hydrogens (tertiary/aromatic N) is 1. The van der Waals surface area contributed by atoms with Gasteiger partial charge in [0.2, 0.25) is 5.91 Å². The van der Waals surface area contributed by atoms with Gasteiger partial charge in [-0.3, -0.25) is 4.79 Å². The fraction of sp³-hybridized carbons (Fsp3) is 0.833. The molecule has 17 heavy (non-hydrogen) atoms. The molecule has 0 aromatic heterocycles. The summed E-state index contributed by atoms with van der Waals surface area (Å²) in [5.41, 5.74) is 5.73. The van der Waals surface area contributed by atoms with E-state index < -0.39 is 12.0 Å². The zero-order valence-corrected chi connectivity index (χ0v) is 9.97. The zero-order valence-electron chi connectivity index (χ0n) is 9.97. The van der Waals surface area contributed by atoms with Crippen LogP contribution in [0.2, 0.25) is 0 Å². The third kappa shape index (κ3) is 2.60. The van der Waals surface area contributed by atoms with E-state index in [2.05, 4.69) is 0 Å². The van der Waals surface area contributed by atoms with Crippen molar-refractivity contribution in [2.24, 2.45) is 11.7 Å². The maximum absolute atomic E-state index is 11.8. The fourth-order valence-electron chi connectivity index (χ4n) is 3.07. The summed E-state index contributed by atoms with van der Waals surface area (Å²) in [6, 6.07) is -0.857. The lowest BCUT2D eigenvalue weighted by molar-refractivity contribution is -0.151. The molecular weight excluding hydrogens is 220 g/mol. The summed E-state index contributed by atoms with van der Waals surface area (Å²) < 4.78 is 0. The van der Waals surface area contributed by atoms with Gasteiger partial charge >= 0.3 is 5.97 Å². The van der Waals surface area contributed by atoms with E-state index in [1.807, 2.05) is 0 Å². The van der Waals surface area contributed by atoms with Crippen LogP contribution >= 0.6 is 0 Å². The minimum absolute atomic E-state index is 0.101. The van der Waals surface area contributed by atoms with E-state index >= 15 is 0 Å². The maximum Gasteiger partial charge on any atom is 0.326 e. The Morgan fingerprint density at radius 1 is 1.35 bits per heavy atom. The van der Waals surface area contributed by atoms with Crippen LogP contribution in [0.25, 0.3) is 0 Å². The van der Waals surface area contributed by atoms with Crippen molar-refractivity contribution in [2.75, 3.05) is 6.54 Å². The van der Waals surface area contributed by atoms with E-state index in [4.69, 9.17) is 5.73 Å². The quantitative estimate of drug-likeness (QED) is 0.755. The predicted octanol–water partition coefficient (Wildman–Crippen LogP) is 0.579.